The first-order valence-corrected chi connectivity index (χ1v) is 11.3. The van der Waals surface area contributed by atoms with E-state index in [1.807, 2.05) is 0 Å². The van der Waals surface area contributed by atoms with Gasteiger partial charge in [0, 0.05) is 6.54 Å². The zero-order chi connectivity index (χ0) is 18.0. The second-order valence-electron chi connectivity index (χ2n) is 6.40. The van der Waals surface area contributed by atoms with Gasteiger partial charge >= 0.3 is 0 Å². The Kier molecular flexibility index (Phi) is 5.93. The Morgan fingerprint density at radius 1 is 1.25 bits per heavy atom. The van der Waals surface area contributed by atoms with Crippen LogP contribution in [0.5, 0.6) is 5.75 Å². The van der Waals surface area contributed by atoms with Crippen LogP contribution in [-0.4, -0.2) is 42.0 Å². The maximum atomic E-state index is 12.5. The van der Waals surface area contributed by atoms with E-state index in [0.29, 0.717) is 36.3 Å². The van der Waals surface area contributed by atoms with E-state index in [9.17, 15) is 16.8 Å². The second kappa shape index (κ2) is 7.41. The molecule has 0 bridgehead atoms. The quantitative estimate of drug-likeness (QED) is 0.734. The maximum absolute atomic E-state index is 12.5. The van der Waals surface area contributed by atoms with Crippen molar-refractivity contribution in [3.63, 3.8) is 0 Å². The highest BCUT2D eigenvalue weighted by molar-refractivity contribution is 7.91. The van der Waals surface area contributed by atoms with E-state index in [2.05, 4.69) is 4.72 Å². The van der Waals surface area contributed by atoms with Gasteiger partial charge in [-0.15, -0.1) is 0 Å². The molecule has 24 heavy (non-hydrogen) atoms. The summed E-state index contributed by atoms with van der Waals surface area (Å²) < 4.78 is 55.7. The van der Waals surface area contributed by atoms with Gasteiger partial charge in [-0.05, 0) is 62.3 Å². The summed E-state index contributed by atoms with van der Waals surface area (Å²) in [6.45, 7) is 3.80. The lowest BCUT2D eigenvalue weighted by molar-refractivity contribution is 0.413. The van der Waals surface area contributed by atoms with Gasteiger partial charge in [0.2, 0.25) is 10.0 Å². The predicted molar refractivity (Wildman–Crippen MR) is 93.7 cm³/mol. The number of nitrogens with one attached hydrogen (secondary N) is 1. The average molecular weight is 376 g/mol. The van der Waals surface area contributed by atoms with Crippen molar-refractivity contribution in [3.8, 4) is 5.75 Å². The topological polar surface area (TPSA) is 89.5 Å². The second-order valence-corrected chi connectivity index (χ2v) is 10.3. The molecule has 0 amide bonds. The molecule has 0 spiro atoms. The number of sulfone groups is 1. The minimum atomic E-state index is -3.59. The largest absolute Gasteiger partial charge is 0.497 e. The third kappa shape index (κ3) is 4.70. The highest BCUT2D eigenvalue weighted by Gasteiger charge is 2.27. The Labute approximate surface area is 144 Å². The first kappa shape index (κ1) is 19.2. The Bertz CT molecular complexity index is 777. The van der Waals surface area contributed by atoms with E-state index in [1.165, 1.54) is 0 Å². The van der Waals surface area contributed by atoms with Crippen LogP contribution in [0.2, 0.25) is 0 Å². The summed E-state index contributed by atoms with van der Waals surface area (Å²) in [7, 11) is -4.92. The van der Waals surface area contributed by atoms with E-state index in [1.54, 1.807) is 33.1 Å². The fourth-order valence-corrected chi connectivity index (χ4v) is 6.66. The van der Waals surface area contributed by atoms with Crippen molar-refractivity contribution in [2.75, 3.05) is 25.2 Å². The van der Waals surface area contributed by atoms with Crippen LogP contribution in [0.25, 0.3) is 0 Å². The first-order chi connectivity index (χ1) is 11.1. The number of ether oxygens (including phenoxy) is 1. The van der Waals surface area contributed by atoms with Crippen molar-refractivity contribution in [3.05, 3.63) is 23.3 Å². The lowest BCUT2D eigenvalue weighted by Gasteiger charge is -2.14. The van der Waals surface area contributed by atoms with Gasteiger partial charge < -0.3 is 4.74 Å². The summed E-state index contributed by atoms with van der Waals surface area (Å²) >= 11 is 0. The van der Waals surface area contributed by atoms with Crippen LogP contribution in [0.1, 0.15) is 30.4 Å². The standard InChI is InChI=1S/C16H25NO5S2/c1-12-9-15(22-3)10-13(2)16(12)24(20,21)17-7-4-5-14-6-8-23(18,19)11-14/h9-10,14,17H,4-8,11H2,1-3H3. The van der Waals surface area contributed by atoms with Gasteiger partial charge in [0.05, 0.1) is 23.5 Å². The SMILES string of the molecule is COc1cc(C)c(S(=O)(=O)NCCCC2CCS(=O)(=O)C2)c(C)c1. The van der Waals surface area contributed by atoms with Gasteiger partial charge in [-0.25, -0.2) is 21.6 Å². The summed E-state index contributed by atoms with van der Waals surface area (Å²) in [4.78, 5) is 0.284. The number of hydrogen-bond acceptors (Lipinski definition) is 5. The van der Waals surface area contributed by atoms with E-state index >= 15 is 0 Å². The molecule has 1 N–H and O–H groups in total. The third-order valence-electron chi connectivity index (χ3n) is 4.35. The summed E-state index contributed by atoms with van der Waals surface area (Å²) in [5.41, 5.74) is 1.28. The summed E-state index contributed by atoms with van der Waals surface area (Å²) in [6, 6.07) is 3.40. The maximum Gasteiger partial charge on any atom is 0.241 e. The van der Waals surface area contributed by atoms with E-state index < -0.39 is 19.9 Å². The van der Waals surface area contributed by atoms with Gasteiger partial charge in [-0.1, -0.05) is 0 Å². The Morgan fingerprint density at radius 3 is 2.38 bits per heavy atom. The Hall–Kier alpha value is -1.12. The molecule has 2 rings (SSSR count). The molecule has 1 atom stereocenters. The van der Waals surface area contributed by atoms with Crippen LogP contribution in [0.15, 0.2) is 17.0 Å². The molecule has 1 fully saturated rings. The molecule has 0 aliphatic carbocycles. The highest BCUT2D eigenvalue weighted by atomic mass is 32.2. The molecule has 0 aromatic heterocycles. The van der Waals surface area contributed by atoms with E-state index in [0.717, 1.165) is 6.42 Å². The fourth-order valence-electron chi connectivity index (χ4n) is 3.22. The molecule has 1 aliphatic rings. The van der Waals surface area contributed by atoms with E-state index in [4.69, 9.17) is 4.74 Å². The molecular formula is C16H25NO5S2. The molecule has 1 aliphatic heterocycles. The summed E-state index contributed by atoms with van der Waals surface area (Å²) in [5, 5.41) is 0. The van der Waals surface area contributed by atoms with Gasteiger partial charge in [-0.3, -0.25) is 0 Å². The zero-order valence-electron chi connectivity index (χ0n) is 14.3. The molecule has 0 saturated carbocycles. The number of benzene rings is 1. The van der Waals surface area contributed by atoms with E-state index in [-0.39, 0.29) is 22.3 Å². The van der Waals surface area contributed by atoms with Gasteiger partial charge in [-0.2, -0.15) is 0 Å². The predicted octanol–water partition coefficient (Wildman–Crippen LogP) is 1.81. The minimum Gasteiger partial charge on any atom is -0.497 e. The smallest absolute Gasteiger partial charge is 0.241 e. The molecule has 6 nitrogen and oxygen atoms in total. The minimum absolute atomic E-state index is 0.156. The first-order valence-electron chi connectivity index (χ1n) is 8.00. The molecule has 1 aromatic carbocycles. The molecule has 0 radical (unpaired) electrons. The molecule has 8 heteroatoms. The van der Waals surface area contributed by atoms with Crippen LogP contribution in [-0.2, 0) is 19.9 Å². The number of aryl methyl sites for hydroxylation is 2. The van der Waals surface area contributed by atoms with Crippen LogP contribution in [0, 0.1) is 19.8 Å². The van der Waals surface area contributed by atoms with Crippen molar-refractivity contribution in [2.45, 2.75) is 38.0 Å². The van der Waals surface area contributed by atoms with Crippen molar-refractivity contribution in [1.82, 2.24) is 4.72 Å². The van der Waals surface area contributed by atoms with Gasteiger partial charge in [0.15, 0.2) is 9.84 Å². The van der Waals surface area contributed by atoms with Gasteiger partial charge in [0.1, 0.15) is 5.75 Å². The summed E-state index contributed by atoms with van der Waals surface area (Å²) in [6.07, 6.45) is 2.04. The highest BCUT2D eigenvalue weighted by Crippen LogP contribution is 2.26. The summed E-state index contributed by atoms with van der Waals surface area (Å²) in [5.74, 6) is 1.28. The molecule has 1 unspecified atom stereocenters. The lowest BCUT2D eigenvalue weighted by Crippen LogP contribution is -2.26. The van der Waals surface area contributed by atoms with Crippen LogP contribution < -0.4 is 9.46 Å². The zero-order valence-corrected chi connectivity index (χ0v) is 16.0. The van der Waals surface area contributed by atoms with Crippen molar-refractivity contribution < 1.29 is 21.6 Å². The molecule has 1 aromatic rings. The molecule has 1 heterocycles. The van der Waals surface area contributed by atoms with Crippen molar-refractivity contribution >= 4 is 19.9 Å². The average Bonchev–Trinajstić information content (AvgIpc) is 2.81. The Morgan fingerprint density at radius 2 is 1.88 bits per heavy atom. The number of sulfonamides is 1. The number of hydrogen-bond donors (Lipinski definition) is 1. The normalized spacial score (nSPS) is 20.2. The number of methoxy groups -OCH3 is 1. The van der Waals surface area contributed by atoms with Crippen LogP contribution in [0.4, 0.5) is 0 Å². The van der Waals surface area contributed by atoms with Gasteiger partial charge in [0.25, 0.3) is 0 Å². The molecule has 1 saturated heterocycles. The van der Waals surface area contributed by atoms with Crippen LogP contribution >= 0.6 is 0 Å². The Balaban J connectivity index is 1.95. The van der Waals surface area contributed by atoms with Crippen molar-refractivity contribution in [2.24, 2.45) is 5.92 Å². The van der Waals surface area contributed by atoms with Crippen molar-refractivity contribution in [1.29, 1.82) is 0 Å². The third-order valence-corrected chi connectivity index (χ3v) is 7.95. The number of rotatable bonds is 7. The van der Waals surface area contributed by atoms with Crippen LogP contribution in [0.3, 0.4) is 0 Å². The fraction of sp³-hybridized carbons (Fsp3) is 0.625. The lowest BCUT2D eigenvalue weighted by atomic mass is 10.0. The monoisotopic (exact) mass is 375 g/mol. The molecule has 136 valence electrons. The molecular weight excluding hydrogens is 350 g/mol.